The molecule has 0 aromatic carbocycles. The van der Waals surface area contributed by atoms with Crippen LogP contribution in [0.15, 0.2) is 24.4 Å². The topological polar surface area (TPSA) is 86.0 Å². The average Bonchev–Trinajstić information content (AvgIpc) is 2.41. The quantitative estimate of drug-likeness (QED) is 0.631. The molecule has 94 valence electrons. The van der Waals surface area contributed by atoms with Crippen LogP contribution >= 0.6 is 0 Å². The van der Waals surface area contributed by atoms with Crippen molar-refractivity contribution in [3.05, 3.63) is 35.9 Å². The number of aryl methyl sites for hydroxylation is 2. The zero-order valence-corrected chi connectivity index (χ0v) is 10.3. The van der Waals surface area contributed by atoms with Crippen LogP contribution in [0.1, 0.15) is 18.4 Å². The maximum Gasteiger partial charge on any atom is 0.224 e. The Hall–Kier alpha value is -2.21. The number of hydrazine groups is 1. The molecule has 0 amide bonds. The minimum Gasteiger partial charge on any atom is -0.437 e. The highest BCUT2D eigenvalue weighted by Gasteiger charge is 2.05. The normalized spacial score (nSPS) is 10.2. The van der Waals surface area contributed by atoms with E-state index in [4.69, 9.17) is 10.6 Å². The lowest BCUT2D eigenvalue weighted by molar-refractivity contribution is 0.457. The van der Waals surface area contributed by atoms with Gasteiger partial charge in [-0.25, -0.2) is 10.8 Å². The van der Waals surface area contributed by atoms with Crippen molar-refractivity contribution >= 4 is 5.82 Å². The summed E-state index contributed by atoms with van der Waals surface area (Å²) >= 11 is 0. The third-order valence-electron chi connectivity index (χ3n) is 2.32. The monoisotopic (exact) mass is 245 g/mol. The van der Waals surface area contributed by atoms with E-state index in [2.05, 4.69) is 20.4 Å². The molecule has 0 unspecified atom stereocenters. The van der Waals surface area contributed by atoms with E-state index in [9.17, 15) is 0 Å². The highest BCUT2D eigenvalue weighted by molar-refractivity contribution is 5.38. The van der Waals surface area contributed by atoms with Gasteiger partial charge in [-0.2, -0.15) is 4.98 Å². The maximum absolute atomic E-state index is 5.61. The van der Waals surface area contributed by atoms with Crippen molar-refractivity contribution in [2.24, 2.45) is 5.84 Å². The summed E-state index contributed by atoms with van der Waals surface area (Å²) in [7, 11) is 0. The van der Waals surface area contributed by atoms with E-state index in [1.165, 1.54) is 0 Å². The molecule has 6 nitrogen and oxygen atoms in total. The van der Waals surface area contributed by atoms with E-state index in [1.54, 1.807) is 12.3 Å². The van der Waals surface area contributed by atoms with E-state index in [-0.39, 0.29) is 0 Å². The first-order valence-corrected chi connectivity index (χ1v) is 5.66. The molecule has 0 spiro atoms. The van der Waals surface area contributed by atoms with Crippen molar-refractivity contribution in [1.29, 1.82) is 0 Å². The van der Waals surface area contributed by atoms with Gasteiger partial charge in [-0.05, 0) is 19.1 Å². The Balaban J connectivity index is 2.25. The first kappa shape index (κ1) is 12.3. The van der Waals surface area contributed by atoms with Crippen LogP contribution in [0.25, 0.3) is 0 Å². The van der Waals surface area contributed by atoms with Crippen LogP contribution in [0, 0.1) is 6.92 Å². The number of aromatic nitrogens is 3. The van der Waals surface area contributed by atoms with Crippen LogP contribution in [0.2, 0.25) is 0 Å². The minimum atomic E-state index is 0.445. The lowest BCUT2D eigenvalue weighted by Crippen LogP contribution is -2.10. The molecule has 0 saturated carbocycles. The van der Waals surface area contributed by atoms with Gasteiger partial charge in [-0.1, -0.05) is 6.92 Å². The Morgan fingerprint density at radius 2 is 2.17 bits per heavy atom. The van der Waals surface area contributed by atoms with E-state index in [1.807, 2.05) is 26.0 Å². The molecule has 6 heteroatoms. The summed E-state index contributed by atoms with van der Waals surface area (Å²) in [6.07, 6.45) is 2.36. The highest BCUT2D eigenvalue weighted by Crippen LogP contribution is 2.20. The zero-order chi connectivity index (χ0) is 13.0. The first-order valence-electron chi connectivity index (χ1n) is 5.66. The molecule has 2 heterocycles. The number of pyridine rings is 1. The van der Waals surface area contributed by atoms with E-state index >= 15 is 0 Å². The SMILES string of the molecule is CCc1nc(NN)cc(Oc2ccc(C)nc2)n1. The summed E-state index contributed by atoms with van der Waals surface area (Å²) in [6, 6.07) is 5.35. The number of anilines is 1. The summed E-state index contributed by atoms with van der Waals surface area (Å²) in [4.78, 5) is 12.6. The predicted molar refractivity (Wildman–Crippen MR) is 68.3 cm³/mol. The molecule has 18 heavy (non-hydrogen) atoms. The molecule has 2 rings (SSSR count). The molecular weight excluding hydrogens is 230 g/mol. The average molecular weight is 245 g/mol. The summed E-state index contributed by atoms with van der Waals surface area (Å²) < 4.78 is 5.61. The number of nitrogens with two attached hydrogens (primary N) is 1. The van der Waals surface area contributed by atoms with E-state index in [0.717, 1.165) is 5.69 Å². The first-order chi connectivity index (χ1) is 8.71. The van der Waals surface area contributed by atoms with Crippen LogP contribution < -0.4 is 16.0 Å². The van der Waals surface area contributed by atoms with Gasteiger partial charge in [0.05, 0.1) is 6.20 Å². The molecule has 0 aliphatic carbocycles. The smallest absolute Gasteiger partial charge is 0.224 e. The Morgan fingerprint density at radius 3 is 2.78 bits per heavy atom. The van der Waals surface area contributed by atoms with Crippen LogP contribution in [-0.2, 0) is 6.42 Å². The van der Waals surface area contributed by atoms with Gasteiger partial charge in [0.15, 0.2) is 0 Å². The second-order valence-corrected chi connectivity index (χ2v) is 3.74. The number of nitrogen functional groups attached to an aromatic ring is 1. The third-order valence-corrected chi connectivity index (χ3v) is 2.32. The van der Waals surface area contributed by atoms with Crippen LogP contribution in [0.4, 0.5) is 5.82 Å². The van der Waals surface area contributed by atoms with Gasteiger partial charge in [0.25, 0.3) is 0 Å². The molecule has 0 saturated heterocycles. The Kier molecular flexibility index (Phi) is 3.69. The van der Waals surface area contributed by atoms with Crippen molar-refractivity contribution in [2.75, 3.05) is 5.43 Å². The maximum atomic E-state index is 5.61. The van der Waals surface area contributed by atoms with E-state index in [0.29, 0.717) is 29.7 Å². The molecule has 3 N–H and O–H groups in total. The molecule has 0 aliphatic heterocycles. The van der Waals surface area contributed by atoms with Gasteiger partial charge in [0, 0.05) is 18.2 Å². The summed E-state index contributed by atoms with van der Waals surface area (Å²) in [5.41, 5.74) is 3.42. The molecule has 0 atom stereocenters. The fraction of sp³-hybridized carbons (Fsp3) is 0.250. The Labute approximate surface area is 105 Å². The minimum absolute atomic E-state index is 0.445. The third kappa shape index (κ3) is 2.92. The standard InChI is InChI=1S/C12H15N5O/c1-3-10-15-11(17-13)6-12(16-10)18-9-5-4-8(2)14-7-9/h4-7H,3,13H2,1-2H3,(H,15,16,17). The van der Waals surface area contributed by atoms with Crippen molar-refractivity contribution in [2.45, 2.75) is 20.3 Å². The molecule has 2 aromatic rings. The summed E-state index contributed by atoms with van der Waals surface area (Å²) in [6.45, 7) is 3.88. The van der Waals surface area contributed by atoms with Crippen LogP contribution in [-0.4, -0.2) is 15.0 Å². The Bertz CT molecular complexity index is 504. The van der Waals surface area contributed by atoms with E-state index < -0.39 is 0 Å². The highest BCUT2D eigenvalue weighted by atomic mass is 16.5. The van der Waals surface area contributed by atoms with Gasteiger partial charge in [0.2, 0.25) is 5.88 Å². The van der Waals surface area contributed by atoms with Crippen molar-refractivity contribution < 1.29 is 4.74 Å². The van der Waals surface area contributed by atoms with Gasteiger partial charge in [-0.15, -0.1) is 0 Å². The fourth-order valence-electron chi connectivity index (χ4n) is 1.39. The number of hydrogen-bond acceptors (Lipinski definition) is 6. The summed E-state index contributed by atoms with van der Waals surface area (Å²) in [5.74, 6) is 7.61. The van der Waals surface area contributed by atoms with Gasteiger partial charge in [0.1, 0.15) is 17.4 Å². The second-order valence-electron chi connectivity index (χ2n) is 3.74. The van der Waals surface area contributed by atoms with Crippen LogP contribution in [0.3, 0.4) is 0 Å². The van der Waals surface area contributed by atoms with Gasteiger partial charge >= 0.3 is 0 Å². The number of hydrogen-bond donors (Lipinski definition) is 2. The predicted octanol–water partition coefficient (Wildman–Crippen LogP) is 1.82. The molecular formula is C12H15N5O. The van der Waals surface area contributed by atoms with Gasteiger partial charge < -0.3 is 10.2 Å². The lowest BCUT2D eigenvalue weighted by atomic mass is 10.4. The fourth-order valence-corrected chi connectivity index (χ4v) is 1.39. The van der Waals surface area contributed by atoms with Crippen molar-refractivity contribution in [3.63, 3.8) is 0 Å². The van der Waals surface area contributed by atoms with Crippen molar-refractivity contribution in [1.82, 2.24) is 15.0 Å². The molecule has 0 fully saturated rings. The molecule has 0 radical (unpaired) electrons. The number of ether oxygens (including phenoxy) is 1. The van der Waals surface area contributed by atoms with Crippen LogP contribution in [0.5, 0.6) is 11.6 Å². The molecule has 2 aromatic heterocycles. The molecule has 0 aliphatic rings. The number of rotatable bonds is 4. The number of nitrogens with zero attached hydrogens (tertiary/aromatic N) is 3. The molecule has 0 bridgehead atoms. The van der Waals surface area contributed by atoms with Crippen molar-refractivity contribution in [3.8, 4) is 11.6 Å². The lowest BCUT2D eigenvalue weighted by Gasteiger charge is -2.08. The second kappa shape index (κ2) is 5.42. The largest absolute Gasteiger partial charge is 0.437 e. The number of nitrogens with one attached hydrogen (secondary N) is 1. The zero-order valence-electron chi connectivity index (χ0n) is 10.3. The van der Waals surface area contributed by atoms with Gasteiger partial charge in [-0.3, -0.25) is 4.98 Å². The Morgan fingerprint density at radius 1 is 1.33 bits per heavy atom. The summed E-state index contributed by atoms with van der Waals surface area (Å²) in [5, 5.41) is 0.